The molecule has 1 rings (SSSR count). The van der Waals surface area contributed by atoms with Gasteiger partial charge in [-0.05, 0) is 36.6 Å². The summed E-state index contributed by atoms with van der Waals surface area (Å²) in [6.45, 7) is 4.47. The van der Waals surface area contributed by atoms with E-state index >= 15 is 0 Å². The molecule has 188 valence electrons. The number of rotatable bonds is 18. The molecule has 0 atom stereocenters. The maximum Gasteiger partial charge on any atom is 0.328 e. The molecule has 2 amide bonds. The SMILES string of the molecule is CCCCCCCCCCCCCC(=O)Cc1cc(Cl)ccc1S(=O)(=O)NC(=O)NCCC. The second kappa shape index (κ2) is 16.9. The van der Waals surface area contributed by atoms with Crippen molar-refractivity contribution in [1.82, 2.24) is 10.0 Å². The van der Waals surface area contributed by atoms with Crippen LogP contribution in [0.1, 0.15) is 103 Å². The topological polar surface area (TPSA) is 92.3 Å². The van der Waals surface area contributed by atoms with Crippen LogP contribution in [0, 0.1) is 0 Å². The predicted octanol–water partition coefficient (Wildman–Crippen LogP) is 6.55. The van der Waals surface area contributed by atoms with E-state index in [2.05, 4.69) is 12.2 Å². The Hall–Kier alpha value is -1.60. The van der Waals surface area contributed by atoms with Gasteiger partial charge in [0.2, 0.25) is 0 Å². The molecule has 0 aromatic heterocycles. The fourth-order valence-electron chi connectivity index (χ4n) is 3.69. The lowest BCUT2D eigenvalue weighted by Crippen LogP contribution is -2.40. The Morgan fingerprint density at radius 3 is 2.00 bits per heavy atom. The second-order valence-corrected chi connectivity index (χ2v) is 10.7. The highest BCUT2D eigenvalue weighted by Crippen LogP contribution is 2.22. The van der Waals surface area contributed by atoms with Crippen molar-refractivity contribution in [2.75, 3.05) is 6.54 Å². The number of benzene rings is 1. The van der Waals surface area contributed by atoms with Crippen molar-refractivity contribution in [2.24, 2.45) is 0 Å². The largest absolute Gasteiger partial charge is 0.337 e. The van der Waals surface area contributed by atoms with Crippen LogP contribution in [0.4, 0.5) is 4.79 Å². The number of halogens is 1. The number of unbranched alkanes of at least 4 members (excludes halogenated alkanes) is 10. The first-order valence-electron chi connectivity index (χ1n) is 12.4. The molecule has 8 heteroatoms. The zero-order valence-electron chi connectivity index (χ0n) is 20.3. The summed E-state index contributed by atoms with van der Waals surface area (Å²) in [5.41, 5.74) is 0.311. The van der Waals surface area contributed by atoms with Crippen molar-refractivity contribution in [3.05, 3.63) is 28.8 Å². The Morgan fingerprint density at radius 2 is 1.42 bits per heavy atom. The molecule has 0 unspecified atom stereocenters. The minimum absolute atomic E-state index is 0.0227. The number of ketones is 1. The van der Waals surface area contributed by atoms with Crippen LogP contribution in [0.2, 0.25) is 5.02 Å². The van der Waals surface area contributed by atoms with E-state index < -0.39 is 16.1 Å². The number of urea groups is 1. The molecule has 0 fully saturated rings. The second-order valence-electron chi connectivity index (χ2n) is 8.61. The molecule has 0 aliphatic heterocycles. The van der Waals surface area contributed by atoms with Gasteiger partial charge in [0.05, 0.1) is 4.90 Å². The van der Waals surface area contributed by atoms with Crippen molar-refractivity contribution in [3.8, 4) is 0 Å². The van der Waals surface area contributed by atoms with E-state index in [1.165, 1.54) is 69.6 Å². The van der Waals surface area contributed by atoms with Crippen LogP contribution in [0.15, 0.2) is 23.1 Å². The molecule has 0 saturated heterocycles. The Kier molecular flexibility index (Phi) is 15.1. The number of carbonyl (C=O) groups is 2. The third-order valence-corrected chi connectivity index (χ3v) is 7.19. The van der Waals surface area contributed by atoms with Gasteiger partial charge in [-0.1, -0.05) is 89.7 Å². The van der Waals surface area contributed by atoms with Crippen LogP contribution >= 0.6 is 11.6 Å². The number of Topliss-reactive ketones (excluding diaryl/α,β-unsaturated/α-hetero) is 1. The lowest BCUT2D eigenvalue weighted by Gasteiger charge is -2.12. The Bertz CT molecular complexity index is 828. The number of hydrogen-bond donors (Lipinski definition) is 2. The van der Waals surface area contributed by atoms with Gasteiger partial charge < -0.3 is 5.32 Å². The van der Waals surface area contributed by atoms with E-state index in [1.54, 1.807) is 0 Å². The monoisotopic (exact) mass is 500 g/mol. The normalized spacial score (nSPS) is 11.4. The number of hydrogen-bond acceptors (Lipinski definition) is 4. The van der Waals surface area contributed by atoms with Gasteiger partial charge in [0, 0.05) is 24.4 Å². The van der Waals surface area contributed by atoms with Crippen LogP contribution in [0.5, 0.6) is 0 Å². The summed E-state index contributed by atoms with van der Waals surface area (Å²) >= 11 is 6.04. The summed E-state index contributed by atoms with van der Waals surface area (Å²) in [6.07, 6.45) is 14.4. The van der Waals surface area contributed by atoms with E-state index in [1.807, 2.05) is 11.6 Å². The molecule has 2 N–H and O–H groups in total. The maximum atomic E-state index is 12.7. The van der Waals surface area contributed by atoms with Crippen LogP contribution in [0.3, 0.4) is 0 Å². The first kappa shape index (κ1) is 29.4. The molecule has 0 aliphatic rings. The summed E-state index contributed by atoms with van der Waals surface area (Å²) in [5, 5.41) is 2.82. The molecular formula is C25H41ClN2O4S. The van der Waals surface area contributed by atoms with E-state index in [9.17, 15) is 18.0 Å². The predicted molar refractivity (Wildman–Crippen MR) is 135 cm³/mol. The molecule has 1 aromatic rings. The smallest absolute Gasteiger partial charge is 0.328 e. The van der Waals surface area contributed by atoms with Gasteiger partial charge in [-0.25, -0.2) is 17.9 Å². The first-order chi connectivity index (χ1) is 15.8. The van der Waals surface area contributed by atoms with Crippen molar-refractivity contribution < 1.29 is 18.0 Å². The van der Waals surface area contributed by atoms with E-state index in [0.717, 1.165) is 19.3 Å². The number of amides is 2. The van der Waals surface area contributed by atoms with Gasteiger partial charge in [0.1, 0.15) is 5.78 Å². The summed E-state index contributed by atoms with van der Waals surface area (Å²) in [6, 6.07) is 3.48. The van der Waals surface area contributed by atoms with Crippen LogP contribution in [-0.4, -0.2) is 26.8 Å². The summed E-state index contributed by atoms with van der Waals surface area (Å²) < 4.78 is 27.3. The lowest BCUT2D eigenvalue weighted by atomic mass is 10.0. The molecular weight excluding hydrogens is 460 g/mol. The molecule has 0 aliphatic carbocycles. The van der Waals surface area contributed by atoms with Crippen LogP contribution in [0.25, 0.3) is 0 Å². The number of sulfonamides is 1. The minimum Gasteiger partial charge on any atom is -0.337 e. The van der Waals surface area contributed by atoms with Gasteiger partial charge in [-0.15, -0.1) is 0 Å². The van der Waals surface area contributed by atoms with Crippen molar-refractivity contribution >= 4 is 33.4 Å². The maximum absolute atomic E-state index is 12.7. The fourth-order valence-corrected chi connectivity index (χ4v) is 5.03. The zero-order valence-corrected chi connectivity index (χ0v) is 21.8. The van der Waals surface area contributed by atoms with E-state index in [-0.39, 0.29) is 17.1 Å². The van der Waals surface area contributed by atoms with Gasteiger partial charge in [-0.3, -0.25) is 4.79 Å². The van der Waals surface area contributed by atoms with E-state index in [4.69, 9.17) is 11.6 Å². The van der Waals surface area contributed by atoms with Crippen LogP contribution in [-0.2, 0) is 21.2 Å². The first-order valence-corrected chi connectivity index (χ1v) is 14.3. The summed E-state index contributed by atoms with van der Waals surface area (Å²) in [7, 11) is -4.10. The van der Waals surface area contributed by atoms with Crippen molar-refractivity contribution in [2.45, 2.75) is 109 Å². The minimum atomic E-state index is -4.10. The standard InChI is InChI=1S/C25H41ClN2O4S/c1-3-5-6-7-8-9-10-11-12-13-14-15-23(29)20-21-19-22(26)16-17-24(21)33(31,32)28-25(30)27-18-4-2/h16-17,19H,3-15,18,20H2,1-2H3,(H2,27,28,30). The number of nitrogens with one attached hydrogen (secondary N) is 2. The Labute approximate surface area is 205 Å². The van der Waals surface area contributed by atoms with Crippen LogP contribution < -0.4 is 10.0 Å². The highest BCUT2D eigenvalue weighted by atomic mass is 35.5. The molecule has 0 spiro atoms. The molecule has 0 bridgehead atoms. The quantitative estimate of drug-likeness (QED) is 0.223. The molecule has 0 heterocycles. The molecule has 0 saturated carbocycles. The average molecular weight is 501 g/mol. The van der Waals surface area contributed by atoms with Gasteiger partial charge in [-0.2, -0.15) is 0 Å². The zero-order chi connectivity index (χ0) is 24.5. The summed E-state index contributed by atoms with van der Waals surface area (Å²) in [5.74, 6) is -0.0277. The molecule has 6 nitrogen and oxygen atoms in total. The Balaban J connectivity index is 2.44. The highest BCUT2D eigenvalue weighted by Gasteiger charge is 2.22. The lowest BCUT2D eigenvalue weighted by molar-refractivity contribution is -0.118. The van der Waals surface area contributed by atoms with Crippen molar-refractivity contribution in [1.29, 1.82) is 0 Å². The third kappa shape index (κ3) is 13.0. The fraction of sp³-hybridized carbons (Fsp3) is 0.680. The van der Waals surface area contributed by atoms with Gasteiger partial charge in [0.25, 0.3) is 10.0 Å². The molecule has 0 radical (unpaired) electrons. The van der Waals surface area contributed by atoms with Gasteiger partial charge >= 0.3 is 6.03 Å². The van der Waals surface area contributed by atoms with E-state index in [0.29, 0.717) is 30.0 Å². The highest BCUT2D eigenvalue weighted by molar-refractivity contribution is 7.90. The van der Waals surface area contributed by atoms with Crippen molar-refractivity contribution in [3.63, 3.8) is 0 Å². The number of carbonyl (C=O) groups excluding carboxylic acids is 2. The molecule has 1 aromatic carbocycles. The summed E-state index contributed by atoms with van der Waals surface area (Å²) in [4.78, 5) is 24.2. The van der Waals surface area contributed by atoms with Gasteiger partial charge in [0.15, 0.2) is 0 Å². The average Bonchev–Trinajstić information content (AvgIpc) is 2.75. The Morgan fingerprint density at radius 1 is 0.848 bits per heavy atom. The third-order valence-electron chi connectivity index (χ3n) is 5.52. The molecule has 33 heavy (non-hydrogen) atoms.